The van der Waals surface area contributed by atoms with Crippen LogP contribution in [0.5, 0.6) is 0 Å². The lowest BCUT2D eigenvalue weighted by Gasteiger charge is -2.08. The molecule has 0 aliphatic carbocycles. The Morgan fingerprint density at radius 3 is 2.62 bits per heavy atom. The molecule has 0 heterocycles. The first-order chi connectivity index (χ1) is 5.95. The van der Waals surface area contributed by atoms with Gasteiger partial charge in [-0.1, -0.05) is 5.16 Å². The van der Waals surface area contributed by atoms with Crippen LogP contribution in [0.2, 0.25) is 0 Å². The van der Waals surface area contributed by atoms with Gasteiger partial charge in [0.05, 0.1) is 12.4 Å². The summed E-state index contributed by atoms with van der Waals surface area (Å²) < 4.78 is 26.0. The minimum absolute atomic E-state index is 0.321. The Bertz CT molecular complexity index is 247. The fourth-order valence-electron chi connectivity index (χ4n) is 0.783. The normalized spacial score (nSPS) is 14.7. The molecular weight excluding hydrogens is 194 g/mol. The zero-order chi connectivity index (χ0) is 10.3. The molecule has 0 aromatic heterocycles. The highest BCUT2D eigenvalue weighted by molar-refractivity contribution is 7.86. The molecule has 0 N–H and O–H groups in total. The van der Waals surface area contributed by atoms with Gasteiger partial charge in [-0.25, -0.2) is 0 Å². The minimum atomic E-state index is -3.34. The largest absolute Gasteiger partial charge is 0.399 e. The first-order valence-corrected chi connectivity index (χ1v) is 5.70. The first kappa shape index (κ1) is 12.4. The smallest absolute Gasteiger partial charge is 0.264 e. The van der Waals surface area contributed by atoms with Crippen molar-refractivity contribution in [2.75, 3.05) is 13.4 Å². The van der Waals surface area contributed by atoms with Crippen LogP contribution in [0.3, 0.4) is 0 Å². The Morgan fingerprint density at radius 2 is 2.15 bits per heavy atom. The molecule has 0 amide bonds. The summed E-state index contributed by atoms with van der Waals surface area (Å²) >= 11 is 0. The lowest BCUT2D eigenvalue weighted by molar-refractivity contribution is 0.210. The third kappa shape index (κ3) is 9.29. The number of rotatable bonds is 6. The quantitative estimate of drug-likeness (QED) is 0.368. The van der Waals surface area contributed by atoms with Gasteiger partial charge in [0.15, 0.2) is 0 Å². The van der Waals surface area contributed by atoms with Crippen LogP contribution in [0, 0.1) is 0 Å². The molecular formula is C7H15NO4S. The van der Waals surface area contributed by atoms with Crippen molar-refractivity contribution in [2.24, 2.45) is 5.16 Å². The van der Waals surface area contributed by atoms with E-state index < -0.39 is 10.1 Å². The van der Waals surface area contributed by atoms with Gasteiger partial charge in [0.1, 0.15) is 7.11 Å². The fourth-order valence-corrected chi connectivity index (χ4v) is 1.48. The lowest BCUT2D eigenvalue weighted by Crippen LogP contribution is -2.13. The fraction of sp³-hybridized carbons (Fsp3) is 0.857. The van der Waals surface area contributed by atoms with E-state index in [4.69, 9.17) is 0 Å². The molecule has 0 fully saturated rings. The van der Waals surface area contributed by atoms with Crippen LogP contribution >= 0.6 is 0 Å². The average Bonchev–Trinajstić information content (AvgIpc) is 1.94. The summed E-state index contributed by atoms with van der Waals surface area (Å²) in [7, 11) is -1.89. The molecule has 1 atom stereocenters. The topological polar surface area (TPSA) is 65.0 Å². The van der Waals surface area contributed by atoms with Crippen molar-refractivity contribution in [1.82, 2.24) is 0 Å². The van der Waals surface area contributed by atoms with Crippen LogP contribution in [-0.4, -0.2) is 34.1 Å². The summed E-state index contributed by atoms with van der Waals surface area (Å²) in [6, 6.07) is 0. The Morgan fingerprint density at radius 1 is 1.54 bits per heavy atom. The zero-order valence-corrected chi connectivity index (χ0v) is 8.87. The Balaban J connectivity index is 3.64. The van der Waals surface area contributed by atoms with Crippen LogP contribution in [0.1, 0.15) is 19.8 Å². The van der Waals surface area contributed by atoms with Gasteiger partial charge in [-0.2, -0.15) is 8.42 Å². The number of nitrogens with zero attached hydrogens (tertiary/aromatic N) is 1. The lowest BCUT2D eigenvalue weighted by atomic mass is 10.2. The number of oxime groups is 1. The molecule has 78 valence electrons. The van der Waals surface area contributed by atoms with Crippen LogP contribution in [0.4, 0.5) is 0 Å². The molecule has 0 aliphatic heterocycles. The second-order valence-corrected chi connectivity index (χ2v) is 4.26. The molecule has 0 rings (SSSR count). The van der Waals surface area contributed by atoms with Crippen LogP contribution in [0.25, 0.3) is 0 Å². The molecule has 0 radical (unpaired) electrons. The van der Waals surface area contributed by atoms with Gasteiger partial charge in [-0.15, -0.1) is 0 Å². The van der Waals surface area contributed by atoms with Crippen molar-refractivity contribution in [3.8, 4) is 0 Å². The Labute approximate surface area is 78.8 Å². The SMILES string of the molecule is CON=CCC[C@H](C)OS(C)(=O)=O. The van der Waals surface area contributed by atoms with E-state index in [0.29, 0.717) is 12.8 Å². The molecule has 0 aliphatic rings. The predicted octanol–water partition coefficient (Wildman–Crippen LogP) is 0.764. The standard InChI is InChI=1S/C7H15NO4S/c1-7(12-13(3,9)10)5-4-6-8-11-2/h6-7H,4-5H2,1-3H3/t7-/m0/s1. The van der Waals surface area contributed by atoms with Gasteiger partial charge in [0.25, 0.3) is 10.1 Å². The van der Waals surface area contributed by atoms with E-state index in [9.17, 15) is 8.42 Å². The number of hydrogen-bond acceptors (Lipinski definition) is 5. The summed E-state index contributed by atoms with van der Waals surface area (Å²) in [5.41, 5.74) is 0. The van der Waals surface area contributed by atoms with E-state index in [2.05, 4.69) is 14.2 Å². The molecule has 5 nitrogen and oxygen atoms in total. The molecule has 6 heteroatoms. The molecule has 0 aromatic carbocycles. The van der Waals surface area contributed by atoms with Gasteiger partial charge >= 0.3 is 0 Å². The molecule has 0 bridgehead atoms. The maximum absolute atomic E-state index is 10.6. The average molecular weight is 209 g/mol. The van der Waals surface area contributed by atoms with E-state index in [1.165, 1.54) is 7.11 Å². The van der Waals surface area contributed by atoms with E-state index in [-0.39, 0.29) is 6.10 Å². The third-order valence-electron chi connectivity index (χ3n) is 1.22. The number of hydrogen-bond donors (Lipinski definition) is 0. The van der Waals surface area contributed by atoms with Crippen molar-refractivity contribution in [1.29, 1.82) is 0 Å². The van der Waals surface area contributed by atoms with E-state index in [0.717, 1.165) is 6.26 Å². The Kier molecular flexibility index (Phi) is 5.65. The van der Waals surface area contributed by atoms with Crippen LogP contribution in [0.15, 0.2) is 5.16 Å². The van der Waals surface area contributed by atoms with Crippen molar-refractivity contribution < 1.29 is 17.4 Å². The van der Waals surface area contributed by atoms with Gasteiger partial charge in [0, 0.05) is 6.21 Å². The van der Waals surface area contributed by atoms with Crippen molar-refractivity contribution in [3.05, 3.63) is 0 Å². The van der Waals surface area contributed by atoms with E-state index in [1.54, 1.807) is 13.1 Å². The summed E-state index contributed by atoms with van der Waals surface area (Å²) in [4.78, 5) is 4.43. The molecule has 0 saturated carbocycles. The summed E-state index contributed by atoms with van der Waals surface area (Å²) in [5, 5.41) is 3.51. The molecule has 13 heavy (non-hydrogen) atoms. The van der Waals surface area contributed by atoms with Gasteiger partial charge in [-0.05, 0) is 19.8 Å². The van der Waals surface area contributed by atoms with Crippen molar-refractivity contribution >= 4 is 16.3 Å². The van der Waals surface area contributed by atoms with Gasteiger partial charge < -0.3 is 4.84 Å². The molecule has 0 unspecified atom stereocenters. The maximum Gasteiger partial charge on any atom is 0.264 e. The second kappa shape index (κ2) is 5.93. The summed E-state index contributed by atoms with van der Waals surface area (Å²) in [6.07, 6.45) is 3.51. The summed E-state index contributed by atoms with van der Waals surface area (Å²) in [5.74, 6) is 0. The second-order valence-electron chi connectivity index (χ2n) is 2.66. The zero-order valence-electron chi connectivity index (χ0n) is 8.06. The molecule has 0 aromatic rings. The van der Waals surface area contributed by atoms with Crippen LogP contribution in [-0.2, 0) is 19.1 Å². The van der Waals surface area contributed by atoms with E-state index >= 15 is 0 Å². The highest BCUT2D eigenvalue weighted by Crippen LogP contribution is 2.03. The highest BCUT2D eigenvalue weighted by Gasteiger charge is 2.08. The monoisotopic (exact) mass is 209 g/mol. The van der Waals surface area contributed by atoms with Crippen LogP contribution < -0.4 is 0 Å². The maximum atomic E-state index is 10.6. The van der Waals surface area contributed by atoms with Gasteiger partial charge in [0.2, 0.25) is 0 Å². The van der Waals surface area contributed by atoms with Crippen molar-refractivity contribution in [2.45, 2.75) is 25.9 Å². The summed E-state index contributed by atoms with van der Waals surface area (Å²) in [6.45, 7) is 1.70. The highest BCUT2D eigenvalue weighted by atomic mass is 32.2. The molecule has 0 saturated heterocycles. The Hall–Kier alpha value is -0.620. The first-order valence-electron chi connectivity index (χ1n) is 3.89. The van der Waals surface area contributed by atoms with E-state index in [1.807, 2.05) is 0 Å². The predicted molar refractivity (Wildman–Crippen MR) is 50.1 cm³/mol. The minimum Gasteiger partial charge on any atom is -0.399 e. The van der Waals surface area contributed by atoms with Crippen molar-refractivity contribution in [3.63, 3.8) is 0 Å². The molecule has 0 spiro atoms. The van der Waals surface area contributed by atoms with Gasteiger partial charge in [-0.3, -0.25) is 4.18 Å². The third-order valence-corrected chi connectivity index (χ3v) is 1.90.